The number of thiophene rings is 1. The lowest BCUT2D eigenvalue weighted by molar-refractivity contribution is 0.0614. The topological polar surface area (TPSA) is 49.3 Å². The third-order valence-corrected chi connectivity index (χ3v) is 5.75. The van der Waals surface area contributed by atoms with Crippen molar-refractivity contribution in [2.24, 2.45) is 0 Å². The number of rotatable bonds is 5. The van der Waals surface area contributed by atoms with Gasteiger partial charge in [-0.15, -0.1) is 11.3 Å². The number of amides is 1. The number of nitrogens with one attached hydrogen (secondary N) is 1. The quantitative estimate of drug-likeness (QED) is 0.878. The summed E-state index contributed by atoms with van der Waals surface area (Å²) in [5, 5.41) is 13.1. The van der Waals surface area contributed by atoms with Gasteiger partial charge in [-0.3, -0.25) is 4.79 Å². The van der Waals surface area contributed by atoms with Gasteiger partial charge in [0.25, 0.3) is 5.91 Å². The monoisotopic (exact) mass is 299 g/mol. The van der Waals surface area contributed by atoms with E-state index in [2.05, 4.69) is 19.2 Å². The number of hydrogen-bond acceptors (Lipinski definition) is 4. The molecule has 0 bridgehead atoms. The van der Waals surface area contributed by atoms with Gasteiger partial charge in [0.2, 0.25) is 0 Å². The maximum Gasteiger partial charge on any atom is 0.261 e. The van der Waals surface area contributed by atoms with Crippen molar-refractivity contribution in [3.63, 3.8) is 0 Å². The molecule has 2 heterocycles. The van der Waals surface area contributed by atoms with Gasteiger partial charge in [0.15, 0.2) is 0 Å². The molecule has 0 radical (unpaired) electrons. The second kappa shape index (κ2) is 6.29. The standard InChI is InChI=1S/C14H21NO2S2/c1-3-4-11-7-12(19-10(11)2)13(16)15-8-14(17)5-6-18-9-14/h7,17H,3-6,8-9H2,1-2H3,(H,15,16). The van der Waals surface area contributed by atoms with Gasteiger partial charge >= 0.3 is 0 Å². The second-order valence-electron chi connectivity index (χ2n) is 5.15. The molecule has 1 atom stereocenters. The first-order valence-corrected chi connectivity index (χ1v) is 8.69. The minimum atomic E-state index is -0.709. The Morgan fingerprint density at radius 2 is 2.37 bits per heavy atom. The Kier molecular flexibility index (Phi) is 4.92. The van der Waals surface area contributed by atoms with Gasteiger partial charge in [-0.05, 0) is 37.1 Å². The number of aliphatic hydroxyl groups is 1. The van der Waals surface area contributed by atoms with E-state index in [4.69, 9.17) is 0 Å². The highest BCUT2D eigenvalue weighted by Crippen LogP contribution is 2.27. The Morgan fingerprint density at radius 1 is 1.58 bits per heavy atom. The van der Waals surface area contributed by atoms with E-state index in [9.17, 15) is 9.90 Å². The van der Waals surface area contributed by atoms with E-state index < -0.39 is 5.60 Å². The summed E-state index contributed by atoms with van der Waals surface area (Å²) in [6.45, 7) is 4.57. The predicted molar refractivity (Wildman–Crippen MR) is 82.3 cm³/mol. The first-order valence-electron chi connectivity index (χ1n) is 6.72. The van der Waals surface area contributed by atoms with E-state index in [1.165, 1.54) is 10.4 Å². The second-order valence-corrected chi connectivity index (χ2v) is 7.51. The molecule has 1 aromatic heterocycles. The molecule has 106 valence electrons. The van der Waals surface area contributed by atoms with Gasteiger partial charge in [-0.2, -0.15) is 11.8 Å². The summed E-state index contributed by atoms with van der Waals surface area (Å²) < 4.78 is 0. The van der Waals surface area contributed by atoms with Crippen LogP contribution in [-0.4, -0.2) is 34.7 Å². The molecular weight excluding hydrogens is 278 g/mol. The lowest BCUT2D eigenvalue weighted by atomic mass is 10.0. The molecule has 1 aromatic rings. The summed E-state index contributed by atoms with van der Waals surface area (Å²) in [4.78, 5) is 14.1. The maximum absolute atomic E-state index is 12.1. The molecule has 1 aliphatic rings. The summed E-state index contributed by atoms with van der Waals surface area (Å²) in [6.07, 6.45) is 2.88. The smallest absolute Gasteiger partial charge is 0.261 e. The normalized spacial score (nSPS) is 22.7. The van der Waals surface area contributed by atoms with Crippen molar-refractivity contribution < 1.29 is 9.90 Å². The summed E-state index contributed by atoms with van der Waals surface area (Å²) >= 11 is 3.29. The molecule has 1 saturated heterocycles. The van der Waals surface area contributed by atoms with Crippen LogP contribution in [0.2, 0.25) is 0 Å². The van der Waals surface area contributed by atoms with Crippen molar-refractivity contribution in [3.05, 3.63) is 21.4 Å². The third kappa shape index (κ3) is 3.74. The van der Waals surface area contributed by atoms with Crippen molar-refractivity contribution in [2.75, 3.05) is 18.1 Å². The lowest BCUT2D eigenvalue weighted by Gasteiger charge is -2.21. The van der Waals surface area contributed by atoms with Crippen LogP contribution in [0.15, 0.2) is 6.07 Å². The average Bonchev–Trinajstić information content (AvgIpc) is 2.95. The van der Waals surface area contributed by atoms with Crippen molar-refractivity contribution in [1.29, 1.82) is 0 Å². The van der Waals surface area contributed by atoms with Gasteiger partial charge < -0.3 is 10.4 Å². The molecule has 1 aliphatic heterocycles. The van der Waals surface area contributed by atoms with E-state index in [1.54, 1.807) is 23.1 Å². The van der Waals surface area contributed by atoms with Crippen LogP contribution in [0.1, 0.15) is 39.9 Å². The third-order valence-electron chi connectivity index (χ3n) is 3.42. The number of aryl methyl sites for hydroxylation is 2. The Morgan fingerprint density at radius 3 is 3.00 bits per heavy atom. The number of carbonyl (C=O) groups excluding carboxylic acids is 1. The molecule has 0 spiro atoms. The average molecular weight is 299 g/mol. The summed E-state index contributed by atoms with van der Waals surface area (Å²) in [6, 6.07) is 1.99. The summed E-state index contributed by atoms with van der Waals surface area (Å²) in [7, 11) is 0. The van der Waals surface area contributed by atoms with Gasteiger partial charge in [-0.1, -0.05) is 13.3 Å². The molecule has 19 heavy (non-hydrogen) atoms. The van der Waals surface area contributed by atoms with E-state index in [0.717, 1.165) is 35.6 Å². The highest BCUT2D eigenvalue weighted by Gasteiger charge is 2.32. The SMILES string of the molecule is CCCc1cc(C(=O)NCC2(O)CCSC2)sc1C. The van der Waals surface area contributed by atoms with Crippen LogP contribution >= 0.6 is 23.1 Å². The minimum Gasteiger partial charge on any atom is -0.387 e. The molecule has 3 nitrogen and oxygen atoms in total. The van der Waals surface area contributed by atoms with Crippen LogP contribution in [0.4, 0.5) is 0 Å². The van der Waals surface area contributed by atoms with E-state index in [-0.39, 0.29) is 5.91 Å². The Balaban J connectivity index is 1.94. The van der Waals surface area contributed by atoms with Gasteiger partial charge in [0.1, 0.15) is 0 Å². The first-order chi connectivity index (χ1) is 9.04. The van der Waals surface area contributed by atoms with Crippen LogP contribution in [-0.2, 0) is 6.42 Å². The molecule has 2 N–H and O–H groups in total. The van der Waals surface area contributed by atoms with E-state index in [1.807, 2.05) is 6.07 Å². The molecule has 0 aliphatic carbocycles. The molecule has 0 saturated carbocycles. The molecule has 5 heteroatoms. The van der Waals surface area contributed by atoms with Crippen molar-refractivity contribution >= 4 is 29.0 Å². The van der Waals surface area contributed by atoms with Crippen molar-refractivity contribution in [3.8, 4) is 0 Å². The van der Waals surface area contributed by atoms with Crippen LogP contribution in [0.3, 0.4) is 0 Å². The van der Waals surface area contributed by atoms with Gasteiger partial charge in [0, 0.05) is 17.2 Å². The van der Waals surface area contributed by atoms with E-state index >= 15 is 0 Å². The zero-order chi connectivity index (χ0) is 13.9. The van der Waals surface area contributed by atoms with E-state index in [0.29, 0.717) is 6.54 Å². The zero-order valence-corrected chi connectivity index (χ0v) is 13.1. The summed E-state index contributed by atoms with van der Waals surface area (Å²) in [5.41, 5.74) is 0.562. The largest absolute Gasteiger partial charge is 0.387 e. The molecular formula is C14H21NO2S2. The molecule has 1 fully saturated rings. The highest BCUT2D eigenvalue weighted by molar-refractivity contribution is 7.99. The summed E-state index contributed by atoms with van der Waals surface area (Å²) in [5.74, 6) is 1.64. The molecule has 2 rings (SSSR count). The number of carbonyl (C=O) groups is 1. The minimum absolute atomic E-state index is 0.0548. The fourth-order valence-electron chi connectivity index (χ4n) is 2.22. The van der Waals surface area contributed by atoms with Crippen LogP contribution in [0, 0.1) is 6.92 Å². The van der Waals surface area contributed by atoms with Crippen molar-refractivity contribution in [2.45, 2.75) is 38.7 Å². The van der Waals surface area contributed by atoms with Crippen molar-refractivity contribution in [1.82, 2.24) is 5.32 Å². The zero-order valence-electron chi connectivity index (χ0n) is 11.5. The van der Waals surface area contributed by atoms with Crippen LogP contribution in [0.5, 0.6) is 0 Å². The predicted octanol–water partition coefficient (Wildman–Crippen LogP) is 2.61. The Bertz CT molecular complexity index is 450. The van der Waals surface area contributed by atoms with Gasteiger partial charge in [0.05, 0.1) is 10.5 Å². The Labute approximate surface area is 122 Å². The maximum atomic E-state index is 12.1. The number of thioether (sulfide) groups is 1. The lowest BCUT2D eigenvalue weighted by Crippen LogP contribution is -2.42. The number of hydrogen-bond donors (Lipinski definition) is 2. The first kappa shape index (κ1) is 14.9. The molecule has 1 amide bonds. The van der Waals surface area contributed by atoms with Crippen LogP contribution < -0.4 is 5.32 Å². The van der Waals surface area contributed by atoms with Crippen LogP contribution in [0.25, 0.3) is 0 Å². The fraction of sp³-hybridized carbons (Fsp3) is 0.643. The van der Waals surface area contributed by atoms with Gasteiger partial charge in [-0.25, -0.2) is 0 Å². The fourth-order valence-corrected chi connectivity index (χ4v) is 4.50. The Hall–Kier alpha value is -0.520. The highest BCUT2D eigenvalue weighted by atomic mass is 32.2. The molecule has 0 aromatic carbocycles. The molecule has 1 unspecified atom stereocenters.